The summed E-state index contributed by atoms with van der Waals surface area (Å²) in [5.41, 5.74) is 11.4. The number of fused-ring (bicyclic) bond motifs is 1. The molecule has 29 heavy (non-hydrogen) atoms. The molecular formula is C21H17F3N4O. The number of nitrogens with two attached hydrogens (primary N) is 2. The average Bonchev–Trinajstić information content (AvgIpc) is 2.70. The average molecular weight is 398 g/mol. The zero-order valence-corrected chi connectivity index (χ0v) is 15.1. The number of carbonyl (C=O) groups is 1. The Morgan fingerprint density at radius 1 is 1.07 bits per heavy atom. The van der Waals surface area contributed by atoms with Crippen molar-refractivity contribution in [2.24, 2.45) is 11.5 Å². The Morgan fingerprint density at radius 2 is 1.83 bits per heavy atom. The lowest BCUT2D eigenvalue weighted by atomic mass is 10.0. The van der Waals surface area contributed by atoms with Gasteiger partial charge in [0.2, 0.25) is 0 Å². The summed E-state index contributed by atoms with van der Waals surface area (Å²) in [5, 5.41) is 3.18. The van der Waals surface area contributed by atoms with Crippen LogP contribution in [0.5, 0.6) is 0 Å². The quantitative estimate of drug-likeness (QED) is 0.581. The van der Waals surface area contributed by atoms with Gasteiger partial charge in [0.1, 0.15) is 5.82 Å². The summed E-state index contributed by atoms with van der Waals surface area (Å²) in [5.74, 6) is -0.411. The highest BCUT2D eigenvalue weighted by Gasteiger charge is 2.30. The van der Waals surface area contributed by atoms with Gasteiger partial charge in [-0.1, -0.05) is 30.3 Å². The van der Waals surface area contributed by atoms with Crippen molar-refractivity contribution in [3.8, 4) is 11.3 Å². The van der Waals surface area contributed by atoms with E-state index in [0.29, 0.717) is 22.2 Å². The van der Waals surface area contributed by atoms with E-state index in [9.17, 15) is 18.0 Å². The van der Waals surface area contributed by atoms with Crippen molar-refractivity contribution in [3.63, 3.8) is 0 Å². The Kier molecular flexibility index (Phi) is 5.54. The van der Waals surface area contributed by atoms with Gasteiger partial charge in [0.25, 0.3) is 5.91 Å². The molecule has 0 saturated heterocycles. The highest BCUT2D eigenvalue weighted by molar-refractivity contribution is 6.06. The minimum Gasteiger partial charge on any atom is -0.405 e. The molecule has 0 fully saturated rings. The van der Waals surface area contributed by atoms with Gasteiger partial charge in [-0.15, -0.1) is 0 Å². The molecule has 8 heteroatoms. The first-order valence-corrected chi connectivity index (χ1v) is 8.52. The van der Waals surface area contributed by atoms with Crippen LogP contribution in [0.1, 0.15) is 15.9 Å². The first-order chi connectivity index (χ1) is 13.8. The number of rotatable bonds is 4. The lowest BCUT2D eigenvalue weighted by Gasteiger charge is -2.11. The third-order valence-corrected chi connectivity index (χ3v) is 4.10. The predicted molar refractivity (Wildman–Crippen MR) is 105 cm³/mol. The first-order valence-electron chi connectivity index (χ1n) is 8.52. The van der Waals surface area contributed by atoms with Crippen molar-refractivity contribution < 1.29 is 18.0 Å². The minimum atomic E-state index is -4.46. The van der Waals surface area contributed by atoms with Crippen LogP contribution in [0.3, 0.4) is 0 Å². The number of allylic oxidation sites excluding steroid dienone is 2. The summed E-state index contributed by atoms with van der Waals surface area (Å²) < 4.78 is 39.0. The molecule has 0 unspecified atom stereocenters. The van der Waals surface area contributed by atoms with E-state index >= 15 is 0 Å². The zero-order chi connectivity index (χ0) is 21.0. The molecular weight excluding hydrogens is 381 g/mol. The fourth-order valence-electron chi connectivity index (χ4n) is 2.75. The fraction of sp³-hybridized carbons (Fsp3) is 0.0476. The standard InChI is InChI=1S/C21H17F3N4O/c22-21(23,24)15-6-1-5-14(12-15)17-10-9-13-4-2-7-16(19(13)27-17)20(29)28-18(26)8-3-11-25/h1-12H,25-26H2,(H,28,29)/b11-3-,18-8+. The number of halogens is 3. The number of para-hydroxylation sites is 1. The molecule has 0 aliphatic rings. The normalized spacial score (nSPS) is 12.4. The van der Waals surface area contributed by atoms with Crippen LogP contribution in [0.25, 0.3) is 22.2 Å². The first kappa shape index (κ1) is 19.9. The van der Waals surface area contributed by atoms with Crippen molar-refractivity contribution in [2.45, 2.75) is 6.18 Å². The van der Waals surface area contributed by atoms with E-state index in [0.717, 1.165) is 12.1 Å². The summed E-state index contributed by atoms with van der Waals surface area (Å²) in [6.07, 6.45) is -0.313. The number of nitrogens with zero attached hydrogens (tertiary/aromatic N) is 1. The molecule has 1 amide bonds. The van der Waals surface area contributed by atoms with Gasteiger partial charge in [0.15, 0.2) is 0 Å². The molecule has 1 aromatic heterocycles. The maximum atomic E-state index is 13.0. The molecule has 0 aliphatic heterocycles. The zero-order valence-electron chi connectivity index (χ0n) is 15.1. The maximum Gasteiger partial charge on any atom is 0.416 e. The SMILES string of the molecule is N/C=C\C=C(/N)NC(=O)c1cccc2ccc(-c3cccc(C(F)(F)F)c3)nc12. The highest BCUT2D eigenvalue weighted by Crippen LogP contribution is 2.32. The van der Waals surface area contributed by atoms with E-state index in [1.807, 2.05) is 0 Å². The van der Waals surface area contributed by atoms with E-state index in [1.165, 1.54) is 30.5 Å². The second-order valence-corrected chi connectivity index (χ2v) is 6.11. The number of alkyl halides is 3. The van der Waals surface area contributed by atoms with Gasteiger partial charge >= 0.3 is 6.18 Å². The number of nitrogens with one attached hydrogen (secondary N) is 1. The van der Waals surface area contributed by atoms with Crippen LogP contribution in [-0.4, -0.2) is 10.9 Å². The summed E-state index contributed by atoms with van der Waals surface area (Å²) in [6, 6.07) is 13.2. The summed E-state index contributed by atoms with van der Waals surface area (Å²) in [7, 11) is 0. The molecule has 0 saturated carbocycles. The molecule has 0 bridgehead atoms. The molecule has 0 radical (unpaired) electrons. The Labute approximate surface area is 164 Å². The smallest absolute Gasteiger partial charge is 0.405 e. The van der Waals surface area contributed by atoms with Gasteiger partial charge in [0.05, 0.1) is 22.3 Å². The predicted octanol–water partition coefficient (Wildman–Crippen LogP) is 3.92. The van der Waals surface area contributed by atoms with Gasteiger partial charge in [-0.2, -0.15) is 13.2 Å². The lowest BCUT2D eigenvalue weighted by Crippen LogP contribution is -2.27. The molecule has 5 nitrogen and oxygen atoms in total. The van der Waals surface area contributed by atoms with Crippen LogP contribution >= 0.6 is 0 Å². The van der Waals surface area contributed by atoms with Gasteiger partial charge < -0.3 is 16.8 Å². The summed E-state index contributed by atoms with van der Waals surface area (Å²) in [6.45, 7) is 0. The second kappa shape index (κ2) is 8.05. The van der Waals surface area contributed by atoms with Crippen LogP contribution in [0, 0.1) is 0 Å². The van der Waals surface area contributed by atoms with Crippen LogP contribution in [-0.2, 0) is 6.18 Å². The van der Waals surface area contributed by atoms with Gasteiger partial charge in [-0.05, 0) is 42.6 Å². The van der Waals surface area contributed by atoms with Crippen molar-refractivity contribution in [1.82, 2.24) is 10.3 Å². The molecule has 0 atom stereocenters. The maximum absolute atomic E-state index is 13.0. The molecule has 3 rings (SSSR count). The van der Waals surface area contributed by atoms with Gasteiger partial charge in [-0.25, -0.2) is 4.98 Å². The Bertz CT molecular complexity index is 1120. The molecule has 0 spiro atoms. The molecule has 0 aliphatic carbocycles. The largest absolute Gasteiger partial charge is 0.416 e. The van der Waals surface area contributed by atoms with Crippen molar-refractivity contribution in [2.75, 3.05) is 0 Å². The minimum absolute atomic E-state index is 0.0859. The fourth-order valence-corrected chi connectivity index (χ4v) is 2.75. The second-order valence-electron chi connectivity index (χ2n) is 6.11. The number of aromatic nitrogens is 1. The van der Waals surface area contributed by atoms with Crippen molar-refractivity contribution in [3.05, 3.63) is 89.9 Å². The Morgan fingerprint density at radius 3 is 2.55 bits per heavy atom. The van der Waals surface area contributed by atoms with E-state index < -0.39 is 17.6 Å². The van der Waals surface area contributed by atoms with E-state index in [1.54, 1.807) is 30.3 Å². The summed E-state index contributed by atoms with van der Waals surface area (Å²) in [4.78, 5) is 17.0. The van der Waals surface area contributed by atoms with Gasteiger partial charge in [-0.3, -0.25) is 4.79 Å². The number of benzene rings is 2. The summed E-state index contributed by atoms with van der Waals surface area (Å²) >= 11 is 0. The number of hydrogen-bond donors (Lipinski definition) is 3. The highest BCUT2D eigenvalue weighted by atomic mass is 19.4. The van der Waals surface area contributed by atoms with Crippen molar-refractivity contribution >= 4 is 16.8 Å². The van der Waals surface area contributed by atoms with Crippen molar-refractivity contribution in [1.29, 1.82) is 0 Å². The number of carbonyl (C=O) groups excluding carboxylic acids is 1. The van der Waals surface area contributed by atoms with E-state index in [-0.39, 0.29) is 11.4 Å². The lowest BCUT2D eigenvalue weighted by molar-refractivity contribution is -0.137. The molecule has 3 aromatic rings. The Hall–Kier alpha value is -3.81. The molecule has 148 valence electrons. The topological polar surface area (TPSA) is 94.0 Å². The number of pyridine rings is 1. The molecule has 5 N–H and O–H groups in total. The number of hydrogen-bond acceptors (Lipinski definition) is 4. The van der Waals surface area contributed by atoms with E-state index in [2.05, 4.69) is 10.3 Å². The third-order valence-electron chi connectivity index (χ3n) is 4.10. The Balaban J connectivity index is 2.04. The number of amides is 1. The van der Waals surface area contributed by atoms with Crippen LogP contribution in [0.15, 0.2) is 78.8 Å². The van der Waals surface area contributed by atoms with Crippen LogP contribution < -0.4 is 16.8 Å². The van der Waals surface area contributed by atoms with Gasteiger partial charge in [0, 0.05) is 10.9 Å². The monoisotopic (exact) mass is 398 g/mol. The third kappa shape index (κ3) is 4.55. The van der Waals surface area contributed by atoms with E-state index in [4.69, 9.17) is 11.5 Å². The molecule has 1 heterocycles. The molecule has 2 aromatic carbocycles. The van der Waals surface area contributed by atoms with Crippen LogP contribution in [0.4, 0.5) is 13.2 Å². The van der Waals surface area contributed by atoms with Crippen LogP contribution in [0.2, 0.25) is 0 Å².